The minimum Gasteiger partial charge on any atom is -0.375 e. The van der Waals surface area contributed by atoms with Crippen molar-refractivity contribution in [3.63, 3.8) is 0 Å². The number of para-hydroxylation sites is 2. The van der Waals surface area contributed by atoms with Gasteiger partial charge in [0.1, 0.15) is 0 Å². The Morgan fingerprint density at radius 1 is 0.276 bits per heavy atom. The molecule has 0 amide bonds. The van der Waals surface area contributed by atoms with Gasteiger partial charge in [-0.15, -0.1) is 0 Å². The maximum atomic E-state index is 2.77. The summed E-state index contributed by atoms with van der Waals surface area (Å²) in [5.41, 5.74) is 22.9. The van der Waals surface area contributed by atoms with Gasteiger partial charge >= 0.3 is 13.7 Å². The second-order valence-corrected chi connectivity index (χ2v) is 21.5. The Morgan fingerprint density at radius 2 is 0.645 bits per heavy atom. The Morgan fingerprint density at radius 3 is 1.08 bits per heavy atom. The molecule has 6 heteroatoms. The van der Waals surface area contributed by atoms with Crippen LogP contribution in [0.3, 0.4) is 0 Å². The van der Waals surface area contributed by atoms with E-state index < -0.39 is 0 Å². The number of anilines is 6. The quantitative estimate of drug-likeness (QED) is 0.161. The number of hydrogen-bond acceptors (Lipinski definition) is 2. The van der Waals surface area contributed by atoms with E-state index in [9.17, 15) is 0 Å². The van der Waals surface area contributed by atoms with Gasteiger partial charge < -0.3 is 18.8 Å². The van der Waals surface area contributed by atoms with Gasteiger partial charge in [-0.25, -0.2) is 0 Å². The molecule has 0 aliphatic carbocycles. The summed E-state index contributed by atoms with van der Waals surface area (Å²) in [4.78, 5) is 5.13. The second kappa shape index (κ2) is 14.1. The van der Waals surface area contributed by atoms with Gasteiger partial charge in [-0.3, -0.25) is 0 Å². The normalized spacial score (nSPS) is 13.7. The average molecular weight is 959 g/mol. The fourth-order valence-electron chi connectivity index (χ4n) is 14.9. The third-order valence-electron chi connectivity index (χ3n) is 17.9. The van der Waals surface area contributed by atoms with Crippen molar-refractivity contribution in [1.82, 2.24) is 8.96 Å². The van der Waals surface area contributed by atoms with Crippen LogP contribution in [0.15, 0.2) is 243 Å². The predicted octanol–water partition coefficient (Wildman–Crippen LogP) is 15.4. The lowest BCUT2D eigenvalue weighted by atomic mass is 9.44. The summed E-state index contributed by atoms with van der Waals surface area (Å²) in [6.45, 7) is -0.194. The molecule has 0 unspecified atom stereocenters. The molecule has 4 aliphatic heterocycles. The maximum absolute atomic E-state index is 2.77. The molecule has 4 nitrogen and oxygen atoms in total. The van der Waals surface area contributed by atoms with Crippen LogP contribution in [0, 0.1) is 0 Å². The van der Waals surface area contributed by atoms with Crippen molar-refractivity contribution in [3.8, 4) is 22.3 Å². The molecule has 4 aliphatic rings. The Labute approximate surface area is 437 Å². The first-order chi connectivity index (χ1) is 37.7. The largest absolute Gasteiger partial charge is 0.375 e. The van der Waals surface area contributed by atoms with E-state index in [0.717, 1.165) is 11.4 Å². The number of hydrogen-bond donors (Lipinski definition) is 0. The van der Waals surface area contributed by atoms with Crippen molar-refractivity contribution < 1.29 is 0 Å². The highest BCUT2D eigenvalue weighted by Gasteiger charge is 2.48. The molecule has 13 aromatic carbocycles. The molecule has 19 rings (SSSR count). The predicted molar refractivity (Wildman–Crippen MR) is 324 cm³/mol. The summed E-state index contributed by atoms with van der Waals surface area (Å²) >= 11 is 0. The zero-order valence-electron chi connectivity index (χ0n) is 41.0. The summed E-state index contributed by atoms with van der Waals surface area (Å²) in [6.07, 6.45) is 0. The van der Waals surface area contributed by atoms with Crippen molar-refractivity contribution in [3.05, 3.63) is 243 Å². The summed E-state index contributed by atoms with van der Waals surface area (Å²) in [7, 11) is 0. The van der Waals surface area contributed by atoms with E-state index >= 15 is 0 Å². The SMILES string of the molecule is c1cc2c3c(c1)N(c1ccc4ccccc4c1)c1cc4ccccc4cc1B3n1c3ccccc3c3c4c5c(c-2c31)c1ccccc1n5B1c2cc3ccccc3cc2N(c2ccc3ccccc3c2)c2cccc-4c21. The smallest absolute Gasteiger partial charge is 0.333 e. The molecular weight excluding hydrogens is 918 g/mol. The van der Waals surface area contributed by atoms with E-state index in [1.165, 1.54) is 154 Å². The first-order valence-electron chi connectivity index (χ1n) is 26.6. The molecule has 0 N–H and O–H groups in total. The number of aromatic nitrogens is 2. The van der Waals surface area contributed by atoms with Gasteiger partial charge in [0.25, 0.3) is 0 Å². The molecule has 0 radical (unpaired) electrons. The molecule has 76 heavy (non-hydrogen) atoms. The number of rotatable bonds is 2. The van der Waals surface area contributed by atoms with E-state index in [1.807, 2.05) is 0 Å². The second-order valence-electron chi connectivity index (χ2n) is 21.5. The fourth-order valence-corrected chi connectivity index (χ4v) is 14.9. The van der Waals surface area contributed by atoms with Crippen molar-refractivity contribution in [2.75, 3.05) is 9.80 Å². The van der Waals surface area contributed by atoms with Gasteiger partial charge in [-0.1, -0.05) is 182 Å². The number of fused-ring (bicyclic) bond motifs is 20. The summed E-state index contributed by atoms with van der Waals surface area (Å²) < 4.78 is 5.53. The van der Waals surface area contributed by atoms with Gasteiger partial charge in [-0.05, 0) is 137 Å². The maximum Gasteiger partial charge on any atom is 0.333 e. The van der Waals surface area contributed by atoms with Crippen molar-refractivity contribution in [2.45, 2.75) is 0 Å². The molecule has 346 valence electrons. The standard InChI is InChI=1S/C70H40B2N4/c1-3-17-43-35-49(33-31-41(43)15-1)73-59-29-13-25-53-65-63-52-24-10-12-28-58(52)76-70(63)66(64-51-23-9-11-27-57(51)75(69(64)65)71(67(53)59)55-37-45-19-5-7-21-47(45)39-61(55)73)54-26-14-30-60-68(54)72(76)56-38-46-20-6-8-22-48(46)40-62(56)74(60)50-34-32-42-16-2-4-18-44(42)36-50/h1-40H. The van der Waals surface area contributed by atoms with Gasteiger partial charge in [0.05, 0.1) is 0 Å². The Bertz CT molecular complexity index is 4860. The van der Waals surface area contributed by atoms with E-state index in [-0.39, 0.29) is 13.7 Å². The first-order valence-corrected chi connectivity index (χ1v) is 26.6. The zero-order valence-corrected chi connectivity index (χ0v) is 41.0. The van der Waals surface area contributed by atoms with Crippen LogP contribution in [0.1, 0.15) is 0 Å². The molecule has 2 aromatic heterocycles. The van der Waals surface area contributed by atoms with Crippen LogP contribution in [0.5, 0.6) is 0 Å². The van der Waals surface area contributed by atoms with Gasteiger partial charge in [0.15, 0.2) is 0 Å². The van der Waals surface area contributed by atoms with E-state index in [1.54, 1.807) is 0 Å². The van der Waals surface area contributed by atoms with Crippen LogP contribution in [0.25, 0.3) is 109 Å². The average Bonchev–Trinajstić information content (AvgIpc) is 4.12. The highest BCUT2D eigenvalue weighted by atomic mass is 15.2. The number of benzene rings is 13. The summed E-state index contributed by atoms with van der Waals surface area (Å²) in [5, 5.41) is 15.1. The third-order valence-corrected chi connectivity index (χ3v) is 17.9. The van der Waals surface area contributed by atoms with Gasteiger partial charge in [0.2, 0.25) is 0 Å². The molecule has 15 aromatic rings. The van der Waals surface area contributed by atoms with Gasteiger partial charge in [-0.2, -0.15) is 0 Å². The molecule has 0 saturated heterocycles. The van der Waals surface area contributed by atoms with Crippen LogP contribution in [-0.4, -0.2) is 22.7 Å². The monoisotopic (exact) mass is 958 g/mol. The molecule has 0 atom stereocenters. The molecule has 0 saturated carbocycles. The molecule has 0 spiro atoms. The van der Waals surface area contributed by atoms with Crippen LogP contribution in [0.4, 0.5) is 34.1 Å². The first kappa shape index (κ1) is 39.7. The lowest BCUT2D eigenvalue weighted by Crippen LogP contribution is -2.57. The minimum absolute atomic E-state index is 0.0972. The Kier molecular flexibility index (Phi) is 7.36. The van der Waals surface area contributed by atoms with Gasteiger partial charge in [0, 0.05) is 88.9 Å². The third kappa shape index (κ3) is 4.84. The van der Waals surface area contributed by atoms with Crippen molar-refractivity contribution in [1.29, 1.82) is 0 Å². The lowest BCUT2D eigenvalue weighted by molar-refractivity contribution is 1.26. The van der Waals surface area contributed by atoms with Crippen LogP contribution < -0.4 is 31.7 Å². The van der Waals surface area contributed by atoms with E-state index in [0.29, 0.717) is 0 Å². The Hall–Kier alpha value is -9.77. The molecule has 6 heterocycles. The highest BCUT2D eigenvalue weighted by molar-refractivity contribution is 6.92. The zero-order chi connectivity index (χ0) is 49.1. The van der Waals surface area contributed by atoms with E-state index in [4.69, 9.17) is 0 Å². The lowest BCUT2D eigenvalue weighted by Gasteiger charge is -2.42. The van der Waals surface area contributed by atoms with Crippen molar-refractivity contribution >= 4 is 156 Å². The van der Waals surface area contributed by atoms with Crippen LogP contribution in [0.2, 0.25) is 0 Å². The van der Waals surface area contributed by atoms with E-state index in [2.05, 4.69) is 261 Å². The highest BCUT2D eigenvalue weighted by Crippen LogP contribution is 2.56. The minimum atomic E-state index is -0.0972. The topological polar surface area (TPSA) is 16.3 Å². The molecule has 0 fully saturated rings. The molecular formula is C70H40B2N4. The number of nitrogens with zero attached hydrogens (tertiary/aromatic N) is 4. The van der Waals surface area contributed by atoms with Crippen LogP contribution in [-0.2, 0) is 0 Å². The summed E-state index contributed by atoms with van der Waals surface area (Å²) in [6, 6.07) is 92.2. The fraction of sp³-hybridized carbons (Fsp3) is 0. The summed E-state index contributed by atoms with van der Waals surface area (Å²) in [5.74, 6) is 0. The molecule has 0 bridgehead atoms. The van der Waals surface area contributed by atoms with Crippen molar-refractivity contribution in [2.24, 2.45) is 0 Å². The Balaban J connectivity index is 0.993. The van der Waals surface area contributed by atoms with Crippen LogP contribution >= 0.6 is 0 Å².